The lowest BCUT2D eigenvalue weighted by atomic mass is 10.1. The van der Waals surface area contributed by atoms with Crippen LogP contribution in [0.2, 0.25) is 0 Å². The van der Waals surface area contributed by atoms with Crippen LogP contribution in [0.5, 0.6) is 0 Å². The Labute approximate surface area is 124 Å². The molecule has 0 saturated heterocycles. The van der Waals surface area contributed by atoms with Gasteiger partial charge in [-0.3, -0.25) is 0 Å². The lowest BCUT2D eigenvalue weighted by Gasteiger charge is -2.23. The van der Waals surface area contributed by atoms with Gasteiger partial charge in [-0.2, -0.15) is 5.10 Å². The molecule has 2 heterocycles. The van der Waals surface area contributed by atoms with Gasteiger partial charge in [0.15, 0.2) is 5.82 Å². The van der Waals surface area contributed by atoms with Gasteiger partial charge in [0.25, 0.3) is 0 Å². The largest absolute Gasteiger partial charge is 0.351 e. The zero-order valence-corrected chi connectivity index (χ0v) is 12.1. The second-order valence-electron chi connectivity index (χ2n) is 4.90. The fraction of sp³-hybridized carbons (Fsp3) is 0.250. The topological polar surface area (TPSA) is 59.5 Å². The van der Waals surface area contributed by atoms with E-state index in [4.69, 9.17) is 5.73 Å². The first-order valence-corrected chi connectivity index (χ1v) is 7.13. The summed E-state index contributed by atoms with van der Waals surface area (Å²) in [6, 6.07) is 10.3. The summed E-state index contributed by atoms with van der Waals surface area (Å²) in [7, 11) is 0. The minimum Gasteiger partial charge on any atom is -0.351 e. The molecule has 0 bridgehead atoms. The molecule has 21 heavy (non-hydrogen) atoms. The summed E-state index contributed by atoms with van der Waals surface area (Å²) >= 11 is 0. The molecular weight excluding hydrogens is 262 g/mol. The van der Waals surface area contributed by atoms with Crippen molar-refractivity contribution in [3.63, 3.8) is 0 Å². The number of benzene rings is 1. The normalized spacial score (nSPS) is 11.0. The number of nitrogens with two attached hydrogens (primary N) is 1. The van der Waals surface area contributed by atoms with Gasteiger partial charge in [0.05, 0.1) is 6.20 Å². The molecule has 0 aliphatic carbocycles. The van der Waals surface area contributed by atoms with E-state index < -0.39 is 0 Å². The fourth-order valence-electron chi connectivity index (χ4n) is 2.54. The molecule has 0 saturated carbocycles. The zero-order chi connectivity index (χ0) is 14.7. The summed E-state index contributed by atoms with van der Waals surface area (Å²) < 4.78 is 1.85. The Morgan fingerprint density at radius 1 is 1.14 bits per heavy atom. The van der Waals surface area contributed by atoms with Crippen molar-refractivity contribution in [1.82, 2.24) is 14.6 Å². The van der Waals surface area contributed by atoms with Crippen LogP contribution in [-0.4, -0.2) is 21.1 Å². The van der Waals surface area contributed by atoms with Gasteiger partial charge in [-0.15, -0.1) is 0 Å². The maximum Gasteiger partial charge on any atom is 0.154 e. The number of fused-ring (bicyclic) bond motifs is 1. The molecular formula is C16H19N5. The third-order valence-corrected chi connectivity index (χ3v) is 3.68. The minimum absolute atomic E-state index is 0.554. The van der Waals surface area contributed by atoms with Crippen molar-refractivity contribution < 1.29 is 0 Å². The highest BCUT2D eigenvalue weighted by Gasteiger charge is 2.12. The maximum atomic E-state index is 5.83. The molecule has 2 N–H and O–H groups in total. The molecule has 1 aromatic carbocycles. The van der Waals surface area contributed by atoms with Crippen LogP contribution in [-0.2, 0) is 13.1 Å². The van der Waals surface area contributed by atoms with Gasteiger partial charge in [-0.25, -0.2) is 9.50 Å². The predicted molar refractivity (Wildman–Crippen MR) is 84.0 cm³/mol. The molecule has 0 fully saturated rings. The van der Waals surface area contributed by atoms with Crippen LogP contribution in [0.25, 0.3) is 5.52 Å². The van der Waals surface area contributed by atoms with Crippen LogP contribution in [0.4, 0.5) is 5.82 Å². The van der Waals surface area contributed by atoms with Gasteiger partial charge in [0.2, 0.25) is 0 Å². The average Bonchev–Trinajstić information content (AvgIpc) is 3.01. The van der Waals surface area contributed by atoms with E-state index in [0.717, 1.165) is 24.4 Å². The Kier molecular flexibility index (Phi) is 3.83. The maximum absolute atomic E-state index is 5.83. The lowest BCUT2D eigenvalue weighted by Crippen LogP contribution is -2.24. The van der Waals surface area contributed by atoms with Gasteiger partial charge in [-0.05, 0) is 24.1 Å². The Morgan fingerprint density at radius 2 is 1.95 bits per heavy atom. The van der Waals surface area contributed by atoms with E-state index >= 15 is 0 Å². The highest BCUT2D eigenvalue weighted by Crippen LogP contribution is 2.21. The molecule has 0 atom stereocenters. The average molecular weight is 281 g/mol. The second kappa shape index (κ2) is 5.93. The highest BCUT2D eigenvalue weighted by atomic mass is 15.3. The van der Waals surface area contributed by atoms with Gasteiger partial charge in [0.1, 0.15) is 5.52 Å². The van der Waals surface area contributed by atoms with Gasteiger partial charge < -0.3 is 10.6 Å². The SMILES string of the molecule is CCN(Cc1ccccc1CN)c1nccn2nccc12. The van der Waals surface area contributed by atoms with Gasteiger partial charge in [-0.1, -0.05) is 24.3 Å². The number of hydrogen-bond donors (Lipinski definition) is 1. The number of hydrogen-bond acceptors (Lipinski definition) is 4. The van der Waals surface area contributed by atoms with Crippen LogP contribution >= 0.6 is 0 Å². The van der Waals surface area contributed by atoms with E-state index in [1.54, 1.807) is 12.4 Å². The molecule has 0 aliphatic heterocycles. The van der Waals surface area contributed by atoms with Crippen molar-refractivity contribution >= 4 is 11.3 Å². The molecule has 0 amide bonds. The number of nitrogens with zero attached hydrogens (tertiary/aromatic N) is 4. The number of rotatable bonds is 5. The Morgan fingerprint density at radius 3 is 2.71 bits per heavy atom. The van der Waals surface area contributed by atoms with E-state index in [1.165, 1.54) is 11.1 Å². The number of aromatic nitrogens is 3. The molecule has 0 radical (unpaired) electrons. The van der Waals surface area contributed by atoms with Crippen molar-refractivity contribution in [2.75, 3.05) is 11.4 Å². The van der Waals surface area contributed by atoms with E-state index in [2.05, 4.69) is 40.1 Å². The van der Waals surface area contributed by atoms with E-state index in [9.17, 15) is 0 Å². The second-order valence-corrected chi connectivity index (χ2v) is 4.90. The minimum atomic E-state index is 0.554. The molecule has 5 nitrogen and oxygen atoms in total. The summed E-state index contributed by atoms with van der Waals surface area (Å²) in [4.78, 5) is 6.78. The molecule has 0 aliphatic rings. The summed E-state index contributed by atoms with van der Waals surface area (Å²) in [6.45, 7) is 4.35. The number of anilines is 1. The Bertz CT molecular complexity index is 734. The third-order valence-electron chi connectivity index (χ3n) is 3.68. The summed E-state index contributed by atoms with van der Waals surface area (Å²) in [5.74, 6) is 0.948. The van der Waals surface area contributed by atoms with Gasteiger partial charge >= 0.3 is 0 Å². The van der Waals surface area contributed by atoms with Crippen LogP contribution < -0.4 is 10.6 Å². The molecule has 0 spiro atoms. The van der Waals surface area contributed by atoms with Crippen molar-refractivity contribution in [2.24, 2.45) is 5.73 Å². The van der Waals surface area contributed by atoms with Crippen LogP contribution in [0.1, 0.15) is 18.1 Å². The smallest absolute Gasteiger partial charge is 0.154 e. The van der Waals surface area contributed by atoms with Crippen molar-refractivity contribution in [3.8, 4) is 0 Å². The molecule has 3 rings (SSSR count). The summed E-state index contributed by atoms with van der Waals surface area (Å²) in [5.41, 5.74) is 9.27. The summed E-state index contributed by atoms with van der Waals surface area (Å²) in [5, 5.41) is 4.27. The zero-order valence-electron chi connectivity index (χ0n) is 12.1. The third kappa shape index (κ3) is 2.60. The molecule has 108 valence electrons. The molecule has 2 aromatic heterocycles. The lowest BCUT2D eigenvalue weighted by molar-refractivity contribution is 0.798. The first-order chi connectivity index (χ1) is 10.3. The van der Waals surface area contributed by atoms with Crippen molar-refractivity contribution in [1.29, 1.82) is 0 Å². The quantitative estimate of drug-likeness (QED) is 0.779. The molecule has 5 heteroatoms. The van der Waals surface area contributed by atoms with Gasteiger partial charge in [0, 0.05) is 32.0 Å². The van der Waals surface area contributed by atoms with Crippen molar-refractivity contribution in [3.05, 3.63) is 60.0 Å². The van der Waals surface area contributed by atoms with Crippen LogP contribution in [0, 0.1) is 0 Å². The monoisotopic (exact) mass is 281 g/mol. The van der Waals surface area contributed by atoms with E-state index in [0.29, 0.717) is 6.54 Å². The first kappa shape index (κ1) is 13.6. The predicted octanol–water partition coefficient (Wildman–Crippen LogP) is 2.21. The Balaban J connectivity index is 1.97. The van der Waals surface area contributed by atoms with Crippen molar-refractivity contribution in [2.45, 2.75) is 20.0 Å². The highest BCUT2D eigenvalue weighted by molar-refractivity contribution is 5.68. The summed E-state index contributed by atoms with van der Waals surface area (Å²) in [6.07, 6.45) is 5.44. The first-order valence-electron chi connectivity index (χ1n) is 7.13. The van der Waals surface area contributed by atoms with E-state index in [-0.39, 0.29) is 0 Å². The molecule has 3 aromatic rings. The Hall–Kier alpha value is -2.40. The van der Waals surface area contributed by atoms with Crippen LogP contribution in [0.15, 0.2) is 48.9 Å². The van der Waals surface area contributed by atoms with Crippen LogP contribution in [0.3, 0.4) is 0 Å². The standard InChI is InChI=1S/C16H19N5/c1-2-20(12-14-6-4-3-5-13(14)11-17)16-15-7-8-19-21(15)10-9-18-16/h3-10H,2,11-12,17H2,1H3. The fourth-order valence-corrected chi connectivity index (χ4v) is 2.54. The molecule has 0 unspecified atom stereocenters. The van der Waals surface area contributed by atoms with E-state index in [1.807, 2.05) is 22.8 Å².